The lowest BCUT2D eigenvalue weighted by molar-refractivity contribution is -0.118. The van der Waals surface area contributed by atoms with Crippen LogP contribution in [0.1, 0.15) is 46.0 Å². The van der Waals surface area contributed by atoms with Crippen LogP contribution in [0.2, 0.25) is 0 Å². The van der Waals surface area contributed by atoms with Crippen LogP contribution in [0.25, 0.3) is 0 Å². The van der Waals surface area contributed by atoms with Gasteiger partial charge in [0.05, 0.1) is 0 Å². The van der Waals surface area contributed by atoms with Crippen LogP contribution in [0.4, 0.5) is 10.1 Å². The molecule has 1 amide bonds. The van der Waals surface area contributed by atoms with Crippen molar-refractivity contribution >= 4 is 11.6 Å². The lowest BCUT2D eigenvalue weighted by Crippen LogP contribution is -2.30. The third-order valence-corrected chi connectivity index (χ3v) is 3.79. The highest BCUT2D eigenvalue weighted by Crippen LogP contribution is 2.20. The molecule has 0 saturated heterocycles. The Labute approximate surface area is 127 Å². The minimum absolute atomic E-state index is 0.0993. The fraction of sp³-hybridized carbons (Fsp3) is 0.588. The molecule has 0 radical (unpaired) electrons. The van der Waals surface area contributed by atoms with E-state index < -0.39 is 0 Å². The smallest absolute Gasteiger partial charge is 0.226 e. The lowest BCUT2D eigenvalue weighted by Gasteiger charge is -2.22. The van der Waals surface area contributed by atoms with Crippen LogP contribution in [-0.4, -0.2) is 19.0 Å². The number of carbonyl (C=O) groups excluding carboxylic acids is 1. The summed E-state index contributed by atoms with van der Waals surface area (Å²) >= 11 is 0. The van der Waals surface area contributed by atoms with Gasteiger partial charge in [-0.2, -0.15) is 0 Å². The monoisotopic (exact) mass is 294 g/mol. The van der Waals surface area contributed by atoms with Crippen molar-refractivity contribution in [3.63, 3.8) is 0 Å². The first-order valence-corrected chi connectivity index (χ1v) is 7.88. The van der Waals surface area contributed by atoms with E-state index in [1.807, 2.05) is 6.92 Å². The van der Waals surface area contributed by atoms with Gasteiger partial charge in [0.2, 0.25) is 5.91 Å². The minimum atomic E-state index is -0.284. The van der Waals surface area contributed by atoms with Gasteiger partial charge in [0.25, 0.3) is 0 Å². The number of anilines is 1. The van der Waals surface area contributed by atoms with Gasteiger partial charge in [0.15, 0.2) is 0 Å². The average molecular weight is 294 g/mol. The molecule has 2 N–H and O–H groups in total. The van der Waals surface area contributed by atoms with Gasteiger partial charge in [-0.05, 0) is 56.5 Å². The summed E-state index contributed by atoms with van der Waals surface area (Å²) in [5.74, 6) is 0.339. The first kappa shape index (κ1) is 17.6. The highest BCUT2D eigenvalue weighted by atomic mass is 19.1. The largest absolute Gasteiger partial charge is 0.330 e. The zero-order chi connectivity index (χ0) is 15.7. The molecule has 0 aliphatic heterocycles. The van der Waals surface area contributed by atoms with Gasteiger partial charge in [-0.1, -0.05) is 19.8 Å². The summed E-state index contributed by atoms with van der Waals surface area (Å²) in [7, 11) is 0. The lowest BCUT2D eigenvalue weighted by atomic mass is 9.94. The van der Waals surface area contributed by atoms with Crippen LogP contribution in [-0.2, 0) is 4.79 Å². The Morgan fingerprint density at radius 2 is 1.86 bits per heavy atom. The van der Waals surface area contributed by atoms with Crippen molar-refractivity contribution in [2.75, 3.05) is 18.0 Å². The van der Waals surface area contributed by atoms with E-state index in [1.54, 1.807) is 17.0 Å². The molecule has 0 saturated carbocycles. The third-order valence-electron chi connectivity index (χ3n) is 3.79. The maximum absolute atomic E-state index is 13.0. The van der Waals surface area contributed by atoms with Gasteiger partial charge in [-0.15, -0.1) is 0 Å². The second-order valence-corrected chi connectivity index (χ2v) is 5.39. The van der Waals surface area contributed by atoms with E-state index in [4.69, 9.17) is 5.73 Å². The molecule has 118 valence electrons. The fourth-order valence-electron chi connectivity index (χ4n) is 2.66. The molecular weight excluding hydrogens is 267 g/mol. The first-order chi connectivity index (χ1) is 10.1. The zero-order valence-corrected chi connectivity index (χ0v) is 13.1. The normalized spacial score (nSPS) is 12.2. The van der Waals surface area contributed by atoms with Crippen molar-refractivity contribution in [3.05, 3.63) is 30.1 Å². The van der Waals surface area contributed by atoms with E-state index in [-0.39, 0.29) is 11.7 Å². The van der Waals surface area contributed by atoms with Gasteiger partial charge in [-0.3, -0.25) is 4.79 Å². The Balaban J connectivity index is 2.60. The van der Waals surface area contributed by atoms with Crippen LogP contribution in [0, 0.1) is 11.7 Å². The van der Waals surface area contributed by atoms with Crippen LogP contribution in [0.5, 0.6) is 0 Å². The molecule has 1 aromatic rings. The molecule has 1 unspecified atom stereocenters. The fourth-order valence-corrected chi connectivity index (χ4v) is 2.66. The predicted octanol–water partition coefficient (Wildman–Crippen LogP) is 3.72. The molecule has 0 aliphatic rings. The van der Waals surface area contributed by atoms with Crippen molar-refractivity contribution in [2.45, 2.75) is 46.0 Å². The third kappa shape index (κ3) is 5.84. The van der Waals surface area contributed by atoms with Crippen LogP contribution >= 0.6 is 0 Å². The number of hydrogen-bond donors (Lipinski definition) is 1. The van der Waals surface area contributed by atoms with Gasteiger partial charge in [-0.25, -0.2) is 4.39 Å². The molecule has 0 heterocycles. The van der Waals surface area contributed by atoms with E-state index in [1.165, 1.54) is 12.1 Å². The molecule has 0 aliphatic carbocycles. The quantitative estimate of drug-likeness (QED) is 0.754. The Hall–Kier alpha value is -1.42. The molecule has 0 spiro atoms. The molecule has 1 atom stereocenters. The maximum atomic E-state index is 13.0. The molecular formula is C17H27FN2O. The molecule has 0 fully saturated rings. The number of nitrogens with zero attached hydrogens (tertiary/aromatic N) is 1. The number of amides is 1. The van der Waals surface area contributed by atoms with Crippen molar-refractivity contribution in [2.24, 2.45) is 11.7 Å². The second-order valence-electron chi connectivity index (χ2n) is 5.39. The summed E-state index contributed by atoms with van der Waals surface area (Å²) in [6.45, 7) is 5.36. The predicted molar refractivity (Wildman–Crippen MR) is 85.7 cm³/mol. The van der Waals surface area contributed by atoms with Gasteiger partial charge in [0.1, 0.15) is 5.82 Å². The maximum Gasteiger partial charge on any atom is 0.226 e. The van der Waals surface area contributed by atoms with Crippen LogP contribution in [0.3, 0.4) is 0 Å². The number of benzene rings is 1. The van der Waals surface area contributed by atoms with E-state index in [0.29, 0.717) is 25.4 Å². The summed E-state index contributed by atoms with van der Waals surface area (Å²) in [4.78, 5) is 14.1. The number of carbonyl (C=O) groups is 1. The van der Waals surface area contributed by atoms with Gasteiger partial charge in [0, 0.05) is 18.7 Å². The van der Waals surface area contributed by atoms with E-state index in [2.05, 4.69) is 6.92 Å². The number of rotatable bonds is 9. The SMILES string of the molecule is CCCC(CCN)CCC(=O)N(CC)c1ccc(F)cc1. The summed E-state index contributed by atoms with van der Waals surface area (Å²) in [5, 5.41) is 0. The highest BCUT2D eigenvalue weighted by molar-refractivity contribution is 5.93. The van der Waals surface area contributed by atoms with Gasteiger partial charge < -0.3 is 10.6 Å². The van der Waals surface area contributed by atoms with Crippen LogP contribution in [0.15, 0.2) is 24.3 Å². The second kappa shape index (κ2) is 9.50. The molecule has 0 aromatic heterocycles. The standard InChI is InChI=1S/C17H27FN2O/c1-3-5-14(12-13-19)6-11-17(21)20(4-2)16-9-7-15(18)8-10-16/h7-10,14H,3-6,11-13,19H2,1-2H3. The minimum Gasteiger partial charge on any atom is -0.330 e. The average Bonchev–Trinajstić information content (AvgIpc) is 2.48. The molecule has 0 bridgehead atoms. The Morgan fingerprint density at radius 1 is 1.19 bits per heavy atom. The van der Waals surface area contributed by atoms with Crippen molar-refractivity contribution < 1.29 is 9.18 Å². The topological polar surface area (TPSA) is 46.3 Å². The Morgan fingerprint density at radius 3 is 2.38 bits per heavy atom. The van der Waals surface area contributed by atoms with E-state index >= 15 is 0 Å². The van der Waals surface area contributed by atoms with Crippen molar-refractivity contribution in [1.82, 2.24) is 0 Å². The van der Waals surface area contributed by atoms with Crippen molar-refractivity contribution in [3.8, 4) is 0 Å². The summed E-state index contributed by atoms with van der Waals surface area (Å²) in [6.07, 6.45) is 4.61. The Bertz CT molecular complexity index is 413. The molecule has 4 heteroatoms. The molecule has 1 rings (SSSR count). The molecule has 21 heavy (non-hydrogen) atoms. The first-order valence-electron chi connectivity index (χ1n) is 7.88. The number of hydrogen-bond acceptors (Lipinski definition) is 2. The van der Waals surface area contributed by atoms with Gasteiger partial charge >= 0.3 is 0 Å². The number of halogens is 1. The highest BCUT2D eigenvalue weighted by Gasteiger charge is 2.16. The summed E-state index contributed by atoms with van der Waals surface area (Å²) < 4.78 is 13.0. The van der Waals surface area contributed by atoms with E-state index in [9.17, 15) is 9.18 Å². The zero-order valence-electron chi connectivity index (χ0n) is 13.1. The van der Waals surface area contributed by atoms with Crippen LogP contribution < -0.4 is 10.6 Å². The molecule has 1 aromatic carbocycles. The molecule has 3 nitrogen and oxygen atoms in total. The summed E-state index contributed by atoms with van der Waals surface area (Å²) in [5.41, 5.74) is 6.39. The van der Waals surface area contributed by atoms with E-state index in [0.717, 1.165) is 31.4 Å². The summed E-state index contributed by atoms with van der Waals surface area (Å²) in [6, 6.07) is 6.08. The van der Waals surface area contributed by atoms with Crippen molar-refractivity contribution in [1.29, 1.82) is 0 Å². The number of nitrogens with two attached hydrogens (primary N) is 1. The Kier molecular flexibility index (Phi) is 7.98.